The number of hydrogen-bond donors (Lipinski definition) is 0. The molecule has 0 amide bonds. The topological polar surface area (TPSA) is 47.9 Å². The number of hydrogen-bond acceptors (Lipinski definition) is 4. The molecule has 1 spiro atoms. The van der Waals surface area contributed by atoms with Gasteiger partial charge in [0.15, 0.2) is 0 Å². The van der Waals surface area contributed by atoms with Crippen LogP contribution >= 0.6 is 0 Å². The number of oxime groups is 1. The fourth-order valence-electron chi connectivity index (χ4n) is 3.59. The van der Waals surface area contributed by atoms with E-state index in [9.17, 15) is 4.79 Å². The molecule has 1 saturated carbocycles. The Balaban J connectivity index is 1.48. The van der Waals surface area contributed by atoms with Crippen molar-refractivity contribution in [3.63, 3.8) is 0 Å². The number of ketones is 1. The summed E-state index contributed by atoms with van der Waals surface area (Å²) in [6.07, 6.45) is 3.03. The zero-order chi connectivity index (χ0) is 16.3. The van der Waals surface area contributed by atoms with Crippen LogP contribution < -0.4 is 0 Å². The molecule has 2 unspecified atom stereocenters. The van der Waals surface area contributed by atoms with E-state index >= 15 is 0 Å². The third-order valence-electron chi connectivity index (χ3n) is 4.90. The fourth-order valence-corrected chi connectivity index (χ4v) is 3.59. The van der Waals surface area contributed by atoms with Crippen LogP contribution in [0.4, 0.5) is 0 Å². The highest BCUT2D eigenvalue weighted by molar-refractivity contribution is 5.90. The maximum atomic E-state index is 12.3. The van der Waals surface area contributed by atoms with Crippen molar-refractivity contribution >= 4 is 11.5 Å². The van der Waals surface area contributed by atoms with Crippen LogP contribution in [-0.4, -0.2) is 23.7 Å². The first kappa shape index (κ1) is 16.2. The molecule has 0 saturated heterocycles. The van der Waals surface area contributed by atoms with Crippen molar-refractivity contribution in [2.45, 2.75) is 51.7 Å². The Morgan fingerprint density at radius 1 is 1.26 bits per heavy atom. The van der Waals surface area contributed by atoms with Gasteiger partial charge in [0.05, 0.1) is 18.9 Å². The average Bonchev–Trinajstić information content (AvgIpc) is 2.90. The molecule has 0 N–H and O–H groups in total. The molecule has 1 aliphatic carbocycles. The predicted octanol–water partition coefficient (Wildman–Crippen LogP) is 3.74. The minimum absolute atomic E-state index is 0.183. The van der Waals surface area contributed by atoms with E-state index in [4.69, 9.17) is 9.57 Å². The number of benzene rings is 1. The van der Waals surface area contributed by atoms with Gasteiger partial charge in [-0.2, -0.15) is 0 Å². The van der Waals surface area contributed by atoms with Crippen LogP contribution in [0.25, 0.3) is 0 Å². The zero-order valence-electron chi connectivity index (χ0n) is 14.0. The highest BCUT2D eigenvalue weighted by Crippen LogP contribution is 2.40. The molecule has 0 bridgehead atoms. The number of carbonyl (C=O) groups excluding carboxylic acids is 1. The SMILES string of the molecule is CC(C)C1CCC2(CC1=O)CC(COCc1ccccc1)=NO2. The first-order valence-electron chi connectivity index (χ1n) is 8.46. The molecular weight excluding hydrogens is 290 g/mol. The Hall–Kier alpha value is -1.68. The summed E-state index contributed by atoms with van der Waals surface area (Å²) in [6.45, 7) is 5.28. The van der Waals surface area contributed by atoms with Crippen molar-refractivity contribution in [2.24, 2.45) is 17.0 Å². The molecular formula is C19H25NO3. The first-order chi connectivity index (χ1) is 11.1. The van der Waals surface area contributed by atoms with Gasteiger partial charge in [-0.25, -0.2) is 0 Å². The molecule has 0 aromatic heterocycles. The highest BCUT2D eigenvalue weighted by Gasteiger charge is 2.46. The van der Waals surface area contributed by atoms with Gasteiger partial charge in [-0.15, -0.1) is 0 Å². The van der Waals surface area contributed by atoms with Gasteiger partial charge in [-0.1, -0.05) is 49.3 Å². The molecule has 23 heavy (non-hydrogen) atoms. The van der Waals surface area contributed by atoms with Gasteiger partial charge in [0, 0.05) is 18.8 Å². The van der Waals surface area contributed by atoms with E-state index in [0.717, 1.165) is 30.5 Å². The molecule has 1 aromatic rings. The molecule has 4 nitrogen and oxygen atoms in total. The summed E-state index contributed by atoms with van der Waals surface area (Å²) in [4.78, 5) is 18.0. The van der Waals surface area contributed by atoms with E-state index in [1.807, 2.05) is 30.3 Å². The van der Waals surface area contributed by atoms with Crippen LogP contribution in [0.3, 0.4) is 0 Å². The summed E-state index contributed by atoms with van der Waals surface area (Å²) in [5.74, 6) is 0.923. The van der Waals surface area contributed by atoms with E-state index in [0.29, 0.717) is 31.3 Å². The van der Waals surface area contributed by atoms with Gasteiger partial charge in [0.25, 0.3) is 0 Å². The minimum atomic E-state index is -0.395. The number of nitrogens with zero attached hydrogens (tertiary/aromatic N) is 1. The van der Waals surface area contributed by atoms with Crippen molar-refractivity contribution in [3.05, 3.63) is 35.9 Å². The van der Waals surface area contributed by atoms with Gasteiger partial charge in [0.2, 0.25) is 0 Å². The average molecular weight is 315 g/mol. The van der Waals surface area contributed by atoms with Gasteiger partial charge in [-0.3, -0.25) is 4.79 Å². The van der Waals surface area contributed by atoms with Crippen molar-refractivity contribution < 1.29 is 14.4 Å². The van der Waals surface area contributed by atoms with Gasteiger partial charge >= 0.3 is 0 Å². The molecule has 1 heterocycles. The van der Waals surface area contributed by atoms with Gasteiger partial charge in [0.1, 0.15) is 11.4 Å². The third-order valence-corrected chi connectivity index (χ3v) is 4.90. The maximum absolute atomic E-state index is 12.3. The van der Waals surface area contributed by atoms with Crippen LogP contribution in [0.15, 0.2) is 35.5 Å². The van der Waals surface area contributed by atoms with Crippen molar-refractivity contribution in [2.75, 3.05) is 6.61 Å². The highest BCUT2D eigenvalue weighted by atomic mass is 16.7. The molecule has 2 aliphatic rings. The predicted molar refractivity (Wildman–Crippen MR) is 89.2 cm³/mol. The lowest BCUT2D eigenvalue weighted by atomic mass is 9.72. The van der Waals surface area contributed by atoms with Crippen LogP contribution in [-0.2, 0) is 21.0 Å². The van der Waals surface area contributed by atoms with E-state index in [-0.39, 0.29) is 5.92 Å². The fraction of sp³-hybridized carbons (Fsp3) is 0.579. The van der Waals surface area contributed by atoms with Crippen molar-refractivity contribution in [1.82, 2.24) is 0 Å². The summed E-state index contributed by atoms with van der Waals surface area (Å²) in [6, 6.07) is 10.1. The number of ether oxygens (including phenoxy) is 1. The summed E-state index contributed by atoms with van der Waals surface area (Å²) in [5.41, 5.74) is 1.67. The number of rotatable bonds is 5. The number of carbonyl (C=O) groups is 1. The van der Waals surface area contributed by atoms with E-state index in [1.165, 1.54) is 0 Å². The summed E-state index contributed by atoms with van der Waals surface area (Å²) < 4.78 is 5.73. The maximum Gasteiger partial charge on any atom is 0.150 e. The Morgan fingerprint density at radius 3 is 2.74 bits per heavy atom. The number of Topliss-reactive ketones (excluding diaryl/α,β-unsaturated/α-hetero) is 1. The van der Waals surface area contributed by atoms with Crippen LogP contribution in [0, 0.1) is 11.8 Å². The van der Waals surface area contributed by atoms with E-state index in [2.05, 4.69) is 19.0 Å². The van der Waals surface area contributed by atoms with Crippen molar-refractivity contribution in [1.29, 1.82) is 0 Å². The second-order valence-electron chi connectivity index (χ2n) is 7.12. The standard InChI is InChI=1S/C19H25NO3/c1-14(2)17-8-9-19(11-18(17)21)10-16(20-23-19)13-22-12-15-6-4-3-5-7-15/h3-7,14,17H,8-13H2,1-2H3. The summed E-state index contributed by atoms with van der Waals surface area (Å²) >= 11 is 0. The molecule has 1 aliphatic heterocycles. The van der Waals surface area contributed by atoms with Gasteiger partial charge < -0.3 is 9.57 Å². The molecule has 4 heteroatoms. The smallest absolute Gasteiger partial charge is 0.150 e. The largest absolute Gasteiger partial charge is 0.388 e. The Labute approximate surface area is 137 Å². The third kappa shape index (κ3) is 3.81. The van der Waals surface area contributed by atoms with Crippen molar-refractivity contribution in [3.8, 4) is 0 Å². The lowest BCUT2D eigenvalue weighted by molar-refractivity contribution is -0.138. The molecule has 1 fully saturated rings. The lowest BCUT2D eigenvalue weighted by Gasteiger charge is -2.35. The van der Waals surface area contributed by atoms with Crippen LogP contribution in [0.5, 0.6) is 0 Å². The minimum Gasteiger partial charge on any atom is -0.388 e. The van der Waals surface area contributed by atoms with Gasteiger partial charge in [-0.05, 0) is 24.3 Å². The Kier molecular flexibility index (Phi) is 4.81. The first-order valence-corrected chi connectivity index (χ1v) is 8.46. The van der Waals surface area contributed by atoms with E-state index < -0.39 is 5.60 Å². The second kappa shape index (κ2) is 6.83. The summed E-state index contributed by atoms with van der Waals surface area (Å²) in [7, 11) is 0. The van der Waals surface area contributed by atoms with E-state index in [1.54, 1.807) is 0 Å². The Bertz CT molecular complexity index is 582. The molecule has 1 aromatic carbocycles. The monoisotopic (exact) mass is 315 g/mol. The second-order valence-corrected chi connectivity index (χ2v) is 7.12. The molecule has 2 atom stereocenters. The lowest BCUT2D eigenvalue weighted by Crippen LogP contribution is -2.41. The molecule has 0 radical (unpaired) electrons. The summed E-state index contributed by atoms with van der Waals surface area (Å²) in [5, 5.41) is 4.19. The normalized spacial score (nSPS) is 27.3. The molecule has 3 rings (SSSR count). The molecule has 124 valence electrons. The quantitative estimate of drug-likeness (QED) is 0.831. The van der Waals surface area contributed by atoms with Crippen LogP contribution in [0.2, 0.25) is 0 Å². The Morgan fingerprint density at radius 2 is 2.04 bits per heavy atom. The zero-order valence-corrected chi connectivity index (χ0v) is 14.0. The van der Waals surface area contributed by atoms with Crippen LogP contribution in [0.1, 0.15) is 45.1 Å².